The van der Waals surface area contributed by atoms with Gasteiger partial charge in [-0.05, 0) is 94.8 Å². The van der Waals surface area contributed by atoms with Gasteiger partial charge in [0.25, 0.3) is 0 Å². The lowest BCUT2D eigenvalue weighted by Gasteiger charge is -2.60. The number of carbonyl (C=O) groups is 3. The van der Waals surface area contributed by atoms with E-state index in [4.69, 9.17) is 4.74 Å². The third-order valence-electron chi connectivity index (χ3n) is 11.3. The van der Waals surface area contributed by atoms with Crippen molar-refractivity contribution in [3.63, 3.8) is 0 Å². The van der Waals surface area contributed by atoms with E-state index in [1.165, 1.54) is 0 Å². The van der Waals surface area contributed by atoms with Crippen LogP contribution in [0.1, 0.15) is 98.8 Å². The summed E-state index contributed by atoms with van der Waals surface area (Å²) in [6.45, 7) is 9.81. The zero-order valence-corrected chi connectivity index (χ0v) is 22.9. The standard InChI is InChI=1S/C28H42O6S/c1-6-24(2,3)23(31)34-27-13-18-9-19(14-27)12-26(11-18,16-27)22(30)15-35(32,33)17-28-8-7-20(10-21(28)29)25(28,4)5/h18-20H,6-17H2,1-5H3. The minimum atomic E-state index is -3.75. The molecule has 4 unspecified atom stereocenters. The average Bonchev–Trinajstić information content (AvgIpc) is 3.06. The Morgan fingerprint density at radius 1 is 1.09 bits per heavy atom. The van der Waals surface area contributed by atoms with Gasteiger partial charge in [-0.15, -0.1) is 0 Å². The molecule has 0 aliphatic heterocycles. The highest BCUT2D eigenvalue weighted by Gasteiger charge is 2.66. The molecule has 6 rings (SSSR count). The van der Waals surface area contributed by atoms with Crippen LogP contribution in [0.3, 0.4) is 0 Å². The van der Waals surface area contributed by atoms with Crippen LogP contribution in [0, 0.1) is 39.4 Å². The monoisotopic (exact) mass is 506 g/mol. The third-order valence-corrected chi connectivity index (χ3v) is 12.9. The molecule has 0 amide bonds. The summed E-state index contributed by atoms with van der Waals surface area (Å²) in [5.74, 6) is -0.228. The quantitative estimate of drug-likeness (QED) is 0.444. The van der Waals surface area contributed by atoms with Crippen molar-refractivity contribution in [3.8, 4) is 0 Å². The van der Waals surface area contributed by atoms with Crippen LogP contribution in [0.5, 0.6) is 0 Å². The van der Waals surface area contributed by atoms with Crippen molar-refractivity contribution < 1.29 is 27.5 Å². The maximum Gasteiger partial charge on any atom is 0.312 e. The molecule has 0 spiro atoms. The first-order valence-electron chi connectivity index (χ1n) is 13.6. The van der Waals surface area contributed by atoms with E-state index in [9.17, 15) is 22.8 Å². The molecule has 6 nitrogen and oxygen atoms in total. The van der Waals surface area contributed by atoms with Gasteiger partial charge in [-0.1, -0.05) is 20.8 Å². The van der Waals surface area contributed by atoms with Crippen molar-refractivity contribution in [3.05, 3.63) is 0 Å². The van der Waals surface area contributed by atoms with Crippen LogP contribution in [-0.2, 0) is 29.0 Å². The molecule has 0 aromatic rings. The van der Waals surface area contributed by atoms with Crippen molar-refractivity contribution in [1.82, 2.24) is 0 Å². The molecule has 0 aromatic heterocycles. The van der Waals surface area contributed by atoms with Crippen LogP contribution in [0.4, 0.5) is 0 Å². The van der Waals surface area contributed by atoms with E-state index in [-0.39, 0.29) is 34.6 Å². The summed E-state index contributed by atoms with van der Waals surface area (Å²) in [5.41, 5.74) is -3.14. The summed E-state index contributed by atoms with van der Waals surface area (Å²) in [7, 11) is -3.75. The van der Waals surface area contributed by atoms with Gasteiger partial charge in [0.2, 0.25) is 0 Å². The Kier molecular flexibility index (Phi) is 5.55. The molecule has 6 saturated carbocycles. The Morgan fingerprint density at radius 3 is 2.23 bits per heavy atom. The normalized spacial score (nSPS) is 41.4. The average molecular weight is 507 g/mol. The highest BCUT2D eigenvalue weighted by atomic mass is 32.2. The number of carbonyl (C=O) groups excluding carboxylic acids is 3. The Morgan fingerprint density at radius 2 is 1.71 bits per heavy atom. The molecular formula is C28H42O6S. The van der Waals surface area contributed by atoms with E-state index in [0.717, 1.165) is 25.7 Å². The summed E-state index contributed by atoms with van der Waals surface area (Å²) < 4.78 is 33.2. The molecule has 0 N–H and O–H groups in total. The summed E-state index contributed by atoms with van der Waals surface area (Å²) in [4.78, 5) is 39.7. The minimum Gasteiger partial charge on any atom is -0.459 e. The second-order valence-corrected chi connectivity index (χ2v) is 16.2. The molecule has 35 heavy (non-hydrogen) atoms. The van der Waals surface area contributed by atoms with Crippen LogP contribution in [0.15, 0.2) is 0 Å². The van der Waals surface area contributed by atoms with Gasteiger partial charge in [0.05, 0.1) is 11.2 Å². The number of fused-ring (bicyclic) bond motifs is 2. The molecule has 6 bridgehead atoms. The van der Waals surface area contributed by atoms with E-state index < -0.39 is 37.4 Å². The lowest BCUT2D eigenvalue weighted by molar-refractivity contribution is -0.209. The lowest BCUT2D eigenvalue weighted by Crippen LogP contribution is -2.61. The highest BCUT2D eigenvalue weighted by Crippen LogP contribution is 2.65. The van der Waals surface area contributed by atoms with Crippen LogP contribution < -0.4 is 0 Å². The predicted octanol–water partition coefficient (Wildman–Crippen LogP) is 4.68. The Labute approximate surface area is 210 Å². The van der Waals surface area contributed by atoms with Gasteiger partial charge in [-0.3, -0.25) is 14.4 Å². The van der Waals surface area contributed by atoms with Gasteiger partial charge in [0.1, 0.15) is 17.1 Å². The van der Waals surface area contributed by atoms with Crippen molar-refractivity contribution >= 4 is 27.4 Å². The van der Waals surface area contributed by atoms with Gasteiger partial charge in [-0.2, -0.15) is 0 Å². The highest BCUT2D eigenvalue weighted by molar-refractivity contribution is 7.92. The first kappa shape index (κ1) is 25.4. The number of sulfone groups is 1. The number of rotatable bonds is 8. The second-order valence-electron chi connectivity index (χ2n) is 14.2. The minimum absolute atomic E-state index is 0.0639. The molecule has 4 atom stereocenters. The fourth-order valence-corrected chi connectivity index (χ4v) is 11.2. The van der Waals surface area contributed by atoms with Crippen molar-refractivity contribution in [2.75, 3.05) is 11.5 Å². The number of Topliss-reactive ketones (excluding diaryl/α,β-unsaturated/α-hetero) is 2. The molecule has 6 aliphatic rings. The lowest BCUT2D eigenvalue weighted by atomic mass is 9.47. The molecule has 0 aromatic carbocycles. The summed E-state index contributed by atoms with van der Waals surface area (Å²) in [6.07, 6.45) is 7.08. The van der Waals surface area contributed by atoms with E-state index in [1.54, 1.807) is 0 Å². The van der Waals surface area contributed by atoms with Gasteiger partial charge in [-0.25, -0.2) is 8.42 Å². The first-order chi connectivity index (χ1) is 16.1. The zero-order valence-electron chi connectivity index (χ0n) is 22.1. The molecule has 0 radical (unpaired) electrons. The first-order valence-corrected chi connectivity index (χ1v) is 15.4. The van der Waals surface area contributed by atoms with Crippen molar-refractivity contribution in [1.29, 1.82) is 0 Å². The van der Waals surface area contributed by atoms with Gasteiger partial charge >= 0.3 is 5.97 Å². The summed E-state index contributed by atoms with van der Waals surface area (Å²) in [5, 5.41) is 0. The topological polar surface area (TPSA) is 94.6 Å². The third kappa shape index (κ3) is 3.76. The van der Waals surface area contributed by atoms with Crippen LogP contribution in [0.2, 0.25) is 0 Å². The maximum absolute atomic E-state index is 13.8. The van der Waals surface area contributed by atoms with Gasteiger partial charge in [0.15, 0.2) is 15.6 Å². The fourth-order valence-electron chi connectivity index (χ4n) is 8.99. The molecule has 7 heteroatoms. The predicted molar refractivity (Wildman–Crippen MR) is 132 cm³/mol. The van der Waals surface area contributed by atoms with E-state index >= 15 is 0 Å². The van der Waals surface area contributed by atoms with Crippen molar-refractivity contribution in [2.24, 2.45) is 39.4 Å². The van der Waals surface area contributed by atoms with Crippen LogP contribution in [-0.4, -0.2) is 43.1 Å². The van der Waals surface area contributed by atoms with Gasteiger partial charge in [0, 0.05) is 17.3 Å². The van der Waals surface area contributed by atoms with Gasteiger partial charge < -0.3 is 4.74 Å². The van der Waals surface area contributed by atoms with E-state index in [0.29, 0.717) is 50.4 Å². The molecule has 6 fully saturated rings. The number of esters is 1. The molecule has 6 aliphatic carbocycles. The number of ketones is 2. The SMILES string of the molecule is CCC(C)(C)C(=O)OC12CC3CC(C1)CC(C(=O)CS(=O)(=O)CC14CCC(CC1=O)C4(C)C)(C3)C2. The van der Waals surface area contributed by atoms with Crippen molar-refractivity contribution in [2.45, 2.75) is 104 Å². The largest absolute Gasteiger partial charge is 0.459 e. The Bertz CT molecular complexity index is 1060. The van der Waals surface area contributed by atoms with E-state index in [1.807, 2.05) is 34.6 Å². The Hall–Kier alpha value is -1.24. The molecule has 0 saturated heterocycles. The number of hydrogen-bond acceptors (Lipinski definition) is 6. The zero-order chi connectivity index (χ0) is 25.7. The summed E-state index contributed by atoms with van der Waals surface area (Å²) >= 11 is 0. The molecule has 0 heterocycles. The summed E-state index contributed by atoms with van der Waals surface area (Å²) in [6, 6.07) is 0. The Balaban J connectivity index is 1.36. The maximum atomic E-state index is 13.8. The van der Waals surface area contributed by atoms with Crippen LogP contribution in [0.25, 0.3) is 0 Å². The molecular weight excluding hydrogens is 464 g/mol. The molecule has 196 valence electrons. The fraction of sp³-hybridized carbons (Fsp3) is 0.893. The number of ether oxygens (including phenoxy) is 1. The smallest absolute Gasteiger partial charge is 0.312 e. The van der Waals surface area contributed by atoms with Crippen LogP contribution >= 0.6 is 0 Å². The number of hydrogen-bond donors (Lipinski definition) is 0. The van der Waals surface area contributed by atoms with E-state index in [2.05, 4.69) is 0 Å². The second kappa shape index (κ2) is 7.64.